The maximum Gasteiger partial charge on any atom is 0.319 e. The van der Waals surface area contributed by atoms with E-state index >= 15 is 0 Å². The molecule has 0 spiro atoms. The third-order valence-corrected chi connectivity index (χ3v) is 1.82. The number of hydrogen-bond acceptors (Lipinski definition) is 5. The fourth-order valence-electron chi connectivity index (χ4n) is 0.442. The Labute approximate surface area is 76.9 Å². The van der Waals surface area contributed by atoms with Crippen LogP contribution in [0.2, 0.25) is 0 Å². The zero-order valence-corrected chi connectivity index (χ0v) is 7.95. The number of thiocarbonyl (C=S) groups is 1. The van der Waals surface area contributed by atoms with E-state index in [1.165, 1.54) is 12.5 Å². The number of ether oxygens (including phenoxy) is 1. The Hall–Kier alpha value is -0.130. The van der Waals surface area contributed by atoms with E-state index < -0.39 is 0 Å². The quantitative estimate of drug-likeness (QED) is 0.367. The first kappa shape index (κ1) is 10.9. The molecule has 0 aliphatic heterocycles. The van der Waals surface area contributed by atoms with Crippen LogP contribution in [0, 0.1) is 0 Å². The molecule has 3 nitrogen and oxygen atoms in total. The zero-order chi connectivity index (χ0) is 8.69. The van der Waals surface area contributed by atoms with Gasteiger partial charge in [0.25, 0.3) is 0 Å². The lowest BCUT2D eigenvalue weighted by Gasteiger charge is -2.08. The van der Waals surface area contributed by atoms with Gasteiger partial charge < -0.3 is 4.74 Å². The van der Waals surface area contributed by atoms with E-state index in [2.05, 4.69) is 34.9 Å². The lowest BCUT2D eigenvalue weighted by Crippen LogP contribution is -2.36. The highest BCUT2D eigenvalue weighted by molar-refractivity contribution is 7.81. The van der Waals surface area contributed by atoms with Crippen molar-refractivity contribution in [2.45, 2.75) is 6.04 Å². The molecule has 0 aromatic rings. The molecule has 1 unspecified atom stereocenters. The SMILES string of the molecule is COC(=O)CNC(C=S)CS. The molecule has 0 bridgehead atoms. The normalized spacial score (nSPS) is 12.2. The Morgan fingerprint density at radius 1 is 1.91 bits per heavy atom. The minimum absolute atomic E-state index is 0.00701. The molecule has 0 aliphatic carbocycles. The summed E-state index contributed by atoms with van der Waals surface area (Å²) >= 11 is 8.69. The van der Waals surface area contributed by atoms with E-state index in [0.717, 1.165) is 0 Å². The summed E-state index contributed by atoms with van der Waals surface area (Å²) in [6.07, 6.45) is 0. The fourth-order valence-corrected chi connectivity index (χ4v) is 1.01. The van der Waals surface area contributed by atoms with Gasteiger partial charge in [-0.1, -0.05) is 12.2 Å². The van der Waals surface area contributed by atoms with Gasteiger partial charge in [-0.3, -0.25) is 10.1 Å². The summed E-state index contributed by atoms with van der Waals surface area (Å²) in [6, 6.07) is -0.00701. The van der Waals surface area contributed by atoms with Gasteiger partial charge in [-0.05, 0) is 5.37 Å². The van der Waals surface area contributed by atoms with Crippen molar-refractivity contribution in [2.24, 2.45) is 0 Å². The third-order valence-electron chi connectivity index (χ3n) is 1.10. The van der Waals surface area contributed by atoms with Crippen LogP contribution in [0.4, 0.5) is 0 Å². The van der Waals surface area contributed by atoms with Gasteiger partial charge in [0.05, 0.1) is 13.7 Å². The van der Waals surface area contributed by atoms with Crippen molar-refractivity contribution < 1.29 is 9.53 Å². The van der Waals surface area contributed by atoms with Crippen LogP contribution < -0.4 is 5.32 Å². The largest absolute Gasteiger partial charge is 0.468 e. The lowest BCUT2D eigenvalue weighted by atomic mass is 10.4. The standard InChI is InChI=1S/C6H11NO2S2/c1-9-6(8)2-7-5(3-10)4-11/h3,5,7,11H,2,4H2,1H3. The summed E-state index contributed by atoms with van der Waals surface area (Å²) in [5.41, 5.74) is 0. The minimum atomic E-state index is -0.298. The number of nitrogens with one attached hydrogen (secondary N) is 1. The molecule has 0 heterocycles. The molecular weight excluding hydrogens is 182 g/mol. The molecule has 64 valence electrons. The van der Waals surface area contributed by atoms with Crippen LogP contribution in [0.15, 0.2) is 0 Å². The molecule has 0 aromatic heterocycles. The second kappa shape index (κ2) is 6.57. The van der Waals surface area contributed by atoms with Crippen LogP contribution in [-0.4, -0.2) is 36.8 Å². The smallest absolute Gasteiger partial charge is 0.319 e. The van der Waals surface area contributed by atoms with Crippen molar-refractivity contribution >= 4 is 36.2 Å². The molecule has 0 rings (SSSR count). The van der Waals surface area contributed by atoms with Crippen LogP contribution in [0.1, 0.15) is 0 Å². The summed E-state index contributed by atoms with van der Waals surface area (Å²) in [5, 5.41) is 4.40. The first-order valence-electron chi connectivity index (χ1n) is 3.11. The Bertz CT molecular complexity index is 141. The number of hydrogen-bond donors (Lipinski definition) is 2. The molecule has 11 heavy (non-hydrogen) atoms. The Kier molecular flexibility index (Phi) is 6.49. The molecule has 0 saturated carbocycles. The van der Waals surface area contributed by atoms with E-state index in [9.17, 15) is 4.79 Å². The number of methoxy groups -OCH3 is 1. The Morgan fingerprint density at radius 2 is 2.55 bits per heavy atom. The van der Waals surface area contributed by atoms with Gasteiger partial charge in [0.2, 0.25) is 0 Å². The first-order chi connectivity index (χ1) is 5.24. The van der Waals surface area contributed by atoms with Gasteiger partial charge in [0, 0.05) is 11.8 Å². The van der Waals surface area contributed by atoms with Crippen LogP contribution in [0.25, 0.3) is 0 Å². The minimum Gasteiger partial charge on any atom is -0.468 e. The van der Waals surface area contributed by atoms with E-state index in [4.69, 9.17) is 0 Å². The molecule has 5 heteroatoms. The van der Waals surface area contributed by atoms with Gasteiger partial charge in [-0.25, -0.2) is 0 Å². The van der Waals surface area contributed by atoms with Gasteiger partial charge in [0.15, 0.2) is 0 Å². The lowest BCUT2D eigenvalue weighted by molar-refractivity contribution is -0.139. The van der Waals surface area contributed by atoms with Crippen LogP contribution in [0.5, 0.6) is 0 Å². The second-order valence-electron chi connectivity index (χ2n) is 1.88. The van der Waals surface area contributed by atoms with E-state index in [0.29, 0.717) is 5.75 Å². The second-order valence-corrected chi connectivity index (χ2v) is 2.52. The van der Waals surface area contributed by atoms with E-state index in [1.54, 1.807) is 0 Å². The van der Waals surface area contributed by atoms with Crippen molar-refractivity contribution in [1.29, 1.82) is 0 Å². The van der Waals surface area contributed by atoms with Gasteiger partial charge in [0.1, 0.15) is 0 Å². The highest BCUT2D eigenvalue weighted by Gasteiger charge is 2.04. The summed E-state index contributed by atoms with van der Waals surface area (Å²) in [7, 11) is 1.34. The van der Waals surface area contributed by atoms with E-state index in [-0.39, 0.29) is 18.6 Å². The summed E-state index contributed by atoms with van der Waals surface area (Å²) < 4.78 is 4.42. The maximum atomic E-state index is 10.6. The van der Waals surface area contributed by atoms with Gasteiger partial charge in [-0.2, -0.15) is 12.6 Å². The van der Waals surface area contributed by atoms with E-state index in [1.807, 2.05) is 0 Å². The number of carbonyl (C=O) groups is 1. The predicted octanol–water partition coefficient (Wildman–Crippen LogP) is 0.0471. The van der Waals surface area contributed by atoms with Crippen molar-refractivity contribution in [1.82, 2.24) is 5.32 Å². The molecule has 1 atom stereocenters. The van der Waals surface area contributed by atoms with Gasteiger partial charge in [-0.15, -0.1) is 0 Å². The number of esters is 1. The monoisotopic (exact) mass is 193 g/mol. The molecule has 1 N–H and O–H groups in total. The number of rotatable bonds is 5. The molecule has 0 aliphatic rings. The molecule has 0 fully saturated rings. The molecule has 0 amide bonds. The van der Waals surface area contributed by atoms with Crippen molar-refractivity contribution in [3.8, 4) is 0 Å². The topological polar surface area (TPSA) is 38.3 Å². The number of carbonyl (C=O) groups excluding carboxylic acids is 1. The highest BCUT2D eigenvalue weighted by atomic mass is 32.1. The van der Waals surface area contributed by atoms with Crippen LogP contribution >= 0.6 is 24.8 Å². The summed E-state index contributed by atoms with van der Waals surface area (Å²) in [4.78, 5) is 10.6. The molecule has 0 aromatic carbocycles. The van der Waals surface area contributed by atoms with Gasteiger partial charge >= 0.3 is 5.97 Å². The summed E-state index contributed by atoms with van der Waals surface area (Å²) in [5.74, 6) is 0.286. The fraction of sp³-hybridized carbons (Fsp3) is 0.667. The van der Waals surface area contributed by atoms with Crippen molar-refractivity contribution in [2.75, 3.05) is 19.4 Å². The average molecular weight is 193 g/mol. The van der Waals surface area contributed by atoms with Crippen molar-refractivity contribution in [3.05, 3.63) is 0 Å². The molecule has 0 radical (unpaired) electrons. The molecule has 0 saturated heterocycles. The number of thiol groups is 1. The summed E-state index contributed by atoms with van der Waals surface area (Å²) in [6.45, 7) is 0.175. The highest BCUT2D eigenvalue weighted by Crippen LogP contribution is 1.83. The maximum absolute atomic E-state index is 10.6. The van der Waals surface area contributed by atoms with Crippen LogP contribution in [0.3, 0.4) is 0 Å². The average Bonchev–Trinajstić information content (AvgIpc) is 2.06. The predicted molar refractivity (Wildman–Crippen MR) is 51.3 cm³/mol. The van der Waals surface area contributed by atoms with Crippen LogP contribution in [-0.2, 0) is 9.53 Å². The Morgan fingerprint density at radius 3 is 2.91 bits per heavy atom. The zero-order valence-electron chi connectivity index (χ0n) is 6.24. The third kappa shape index (κ3) is 5.17. The van der Waals surface area contributed by atoms with Crippen molar-refractivity contribution in [3.63, 3.8) is 0 Å². The Balaban J connectivity index is 3.50. The first-order valence-corrected chi connectivity index (χ1v) is 4.21. The molecular formula is C6H11NO2S2.